The van der Waals surface area contributed by atoms with Crippen molar-refractivity contribution in [2.75, 3.05) is 12.8 Å². The first-order valence-corrected chi connectivity index (χ1v) is 6.04. The average Bonchev–Trinajstić information content (AvgIpc) is 2.20. The van der Waals surface area contributed by atoms with Gasteiger partial charge in [0.05, 0.1) is 6.61 Å². The van der Waals surface area contributed by atoms with Crippen molar-refractivity contribution in [1.29, 1.82) is 0 Å². The molecule has 0 aliphatic carbocycles. The zero-order valence-corrected chi connectivity index (χ0v) is 9.99. The standard InChI is InChI=1S/C12H19OP/c1-11-7-3-4-8-12(11)13-9-5-2-6-10-14/h3-4,7-8H,2,5-6,9-10,14H2,1H3. The maximum Gasteiger partial charge on any atom is 0.122 e. The number of rotatable bonds is 6. The van der Waals surface area contributed by atoms with E-state index in [2.05, 4.69) is 22.2 Å². The van der Waals surface area contributed by atoms with E-state index in [1.54, 1.807) is 0 Å². The predicted molar refractivity (Wildman–Crippen MR) is 65.1 cm³/mol. The van der Waals surface area contributed by atoms with Crippen molar-refractivity contribution in [1.82, 2.24) is 0 Å². The largest absolute Gasteiger partial charge is 0.493 e. The molecule has 0 aliphatic rings. The maximum atomic E-state index is 5.68. The van der Waals surface area contributed by atoms with Crippen LogP contribution in [0.3, 0.4) is 0 Å². The van der Waals surface area contributed by atoms with Gasteiger partial charge in [-0.05, 0) is 44.0 Å². The summed E-state index contributed by atoms with van der Waals surface area (Å²) in [4.78, 5) is 0. The molecule has 1 unspecified atom stereocenters. The summed E-state index contributed by atoms with van der Waals surface area (Å²) in [5, 5.41) is 0. The molecule has 0 saturated heterocycles. The highest BCUT2D eigenvalue weighted by Crippen LogP contribution is 2.16. The van der Waals surface area contributed by atoms with Crippen LogP contribution in [0.2, 0.25) is 0 Å². The molecule has 0 N–H and O–H groups in total. The SMILES string of the molecule is Cc1ccccc1OCCCCCP. The molecule has 0 spiro atoms. The monoisotopic (exact) mass is 210 g/mol. The van der Waals surface area contributed by atoms with Crippen molar-refractivity contribution in [3.8, 4) is 5.75 Å². The van der Waals surface area contributed by atoms with Gasteiger partial charge in [-0.15, -0.1) is 9.24 Å². The minimum Gasteiger partial charge on any atom is -0.493 e. The lowest BCUT2D eigenvalue weighted by molar-refractivity contribution is 0.304. The van der Waals surface area contributed by atoms with Gasteiger partial charge in [0, 0.05) is 0 Å². The lowest BCUT2D eigenvalue weighted by Gasteiger charge is -2.07. The number of ether oxygens (including phenoxy) is 1. The van der Waals surface area contributed by atoms with Gasteiger partial charge in [-0.2, -0.15) is 0 Å². The number of para-hydroxylation sites is 1. The predicted octanol–water partition coefficient (Wildman–Crippen LogP) is 3.42. The van der Waals surface area contributed by atoms with Crippen molar-refractivity contribution in [2.45, 2.75) is 26.2 Å². The van der Waals surface area contributed by atoms with E-state index >= 15 is 0 Å². The Kier molecular flexibility index (Phi) is 5.63. The van der Waals surface area contributed by atoms with Crippen LogP contribution in [0.5, 0.6) is 5.75 Å². The van der Waals surface area contributed by atoms with Crippen molar-refractivity contribution in [3.63, 3.8) is 0 Å². The van der Waals surface area contributed by atoms with Crippen LogP contribution < -0.4 is 4.74 Å². The summed E-state index contributed by atoms with van der Waals surface area (Å²) in [6.07, 6.45) is 4.89. The molecule has 14 heavy (non-hydrogen) atoms. The highest BCUT2D eigenvalue weighted by molar-refractivity contribution is 7.16. The van der Waals surface area contributed by atoms with Gasteiger partial charge in [-0.3, -0.25) is 0 Å². The normalized spacial score (nSPS) is 10.1. The third-order valence-electron chi connectivity index (χ3n) is 2.20. The minimum absolute atomic E-state index is 0.843. The Morgan fingerprint density at radius 1 is 1.14 bits per heavy atom. The lowest BCUT2D eigenvalue weighted by Crippen LogP contribution is -1.98. The molecule has 0 aliphatic heterocycles. The second kappa shape index (κ2) is 6.84. The summed E-state index contributed by atoms with van der Waals surface area (Å²) in [5.41, 5.74) is 1.22. The zero-order chi connectivity index (χ0) is 10.2. The Hall–Kier alpha value is -0.550. The molecule has 0 bridgehead atoms. The van der Waals surface area contributed by atoms with Crippen molar-refractivity contribution < 1.29 is 4.74 Å². The molecule has 1 aromatic rings. The molecule has 0 amide bonds. The highest BCUT2D eigenvalue weighted by Gasteiger charge is 1.96. The quantitative estimate of drug-likeness (QED) is 0.516. The second-order valence-electron chi connectivity index (χ2n) is 3.46. The van der Waals surface area contributed by atoms with Crippen LogP contribution in [0.25, 0.3) is 0 Å². The Morgan fingerprint density at radius 3 is 2.64 bits per heavy atom. The van der Waals surface area contributed by atoms with E-state index in [4.69, 9.17) is 4.74 Å². The minimum atomic E-state index is 0.843. The topological polar surface area (TPSA) is 9.23 Å². The summed E-state index contributed by atoms with van der Waals surface area (Å²) in [7, 11) is 2.75. The third kappa shape index (κ3) is 4.11. The third-order valence-corrected chi connectivity index (χ3v) is 2.61. The van der Waals surface area contributed by atoms with Crippen LogP contribution in [-0.4, -0.2) is 12.8 Å². The van der Waals surface area contributed by atoms with Crippen LogP contribution in [0.1, 0.15) is 24.8 Å². The summed E-state index contributed by atoms with van der Waals surface area (Å²) in [6.45, 7) is 2.92. The molecule has 0 heterocycles. The van der Waals surface area contributed by atoms with Gasteiger partial charge in [0.1, 0.15) is 5.75 Å². The Balaban J connectivity index is 2.21. The highest BCUT2D eigenvalue weighted by atomic mass is 31.0. The van der Waals surface area contributed by atoms with Gasteiger partial charge < -0.3 is 4.74 Å². The van der Waals surface area contributed by atoms with E-state index in [1.807, 2.05) is 18.2 Å². The molecular weight excluding hydrogens is 191 g/mol. The lowest BCUT2D eigenvalue weighted by atomic mass is 10.2. The Morgan fingerprint density at radius 2 is 1.93 bits per heavy atom. The summed E-state index contributed by atoms with van der Waals surface area (Å²) < 4.78 is 5.68. The van der Waals surface area contributed by atoms with Gasteiger partial charge in [-0.25, -0.2) is 0 Å². The summed E-state index contributed by atoms with van der Waals surface area (Å²) in [6, 6.07) is 8.17. The molecular formula is C12H19OP. The molecule has 1 atom stereocenters. The van der Waals surface area contributed by atoms with E-state index in [-0.39, 0.29) is 0 Å². The van der Waals surface area contributed by atoms with Crippen LogP contribution >= 0.6 is 9.24 Å². The first-order chi connectivity index (χ1) is 6.84. The van der Waals surface area contributed by atoms with Gasteiger partial charge in [0.25, 0.3) is 0 Å². The number of benzene rings is 1. The molecule has 0 fully saturated rings. The van der Waals surface area contributed by atoms with Gasteiger partial charge >= 0.3 is 0 Å². The molecule has 0 radical (unpaired) electrons. The van der Waals surface area contributed by atoms with Crippen LogP contribution in [0.4, 0.5) is 0 Å². The Labute approximate surface area is 89.1 Å². The van der Waals surface area contributed by atoms with E-state index in [1.165, 1.54) is 24.6 Å². The first-order valence-electron chi connectivity index (χ1n) is 5.23. The molecule has 1 aromatic carbocycles. The number of aryl methyl sites for hydroxylation is 1. The average molecular weight is 210 g/mol. The fourth-order valence-electron chi connectivity index (χ4n) is 1.32. The maximum absolute atomic E-state index is 5.68. The second-order valence-corrected chi connectivity index (χ2v) is 4.04. The fourth-order valence-corrected chi connectivity index (χ4v) is 1.61. The number of unbranched alkanes of at least 4 members (excludes halogenated alkanes) is 2. The Bertz CT molecular complexity index is 260. The fraction of sp³-hybridized carbons (Fsp3) is 0.500. The van der Waals surface area contributed by atoms with Gasteiger partial charge in [0.15, 0.2) is 0 Å². The van der Waals surface area contributed by atoms with Crippen LogP contribution in [0, 0.1) is 6.92 Å². The van der Waals surface area contributed by atoms with E-state index in [0.29, 0.717) is 0 Å². The van der Waals surface area contributed by atoms with E-state index in [9.17, 15) is 0 Å². The molecule has 1 nitrogen and oxygen atoms in total. The van der Waals surface area contributed by atoms with Crippen molar-refractivity contribution in [2.24, 2.45) is 0 Å². The number of hydrogen-bond acceptors (Lipinski definition) is 1. The van der Waals surface area contributed by atoms with E-state index < -0.39 is 0 Å². The zero-order valence-electron chi connectivity index (χ0n) is 8.83. The molecule has 0 saturated carbocycles. The summed E-state index contributed by atoms with van der Waals surface area (Å²) in [5.74, 6) is 1.03. The van der Waals surface area contributed by atoms with Crippen molar-refractivity contribution >= 4 is 9.24 Å². The van der Waals surface area contributed by atoms with Crippen LogP contribution in [-0.2, 0) is 0 Å². The van der Waals surface area contributed by atoms with Gasteiger partial charge in [0.2, 0.25) is 0 Å². The number of hydrogen-bond donors (Lipinski definition) is 0. The molecule has 2 heteroatoms. The van der Waals surface area contributed by atoms with E-state index in [0.717, 1.165) is 18.8 Å². The smallest absolute Gasteiger partial charge is 0.122 e. The molecule has 0 aromatic heterocycles. The van der Waals surface area contributed by atoms with Gasteiger partial charge in [-0.1, -0.05) is 18.2 Å². The summed E-state index contributed by atoms with van der Waals surface area (Å²) >= 11 is 0. The van der Waals surface area contributed by atoms with Crippen LogP contribution in [0.15, 0.2) is 24.3 Å². The molecule has 1 rings (SSSR count). The van der Waals surface area contributed by atoms with Crippen molar-refractivity contribution in [3.05, 3.63) is 29.8 Å². The molecule has 78 valence electrons. The first kappa shape index (κ1) is 11.5.